The van der Waals surface area contributed by atoms with E-state index < -0.39 is 0 Å². The molecule has 1 aromatic carbocycles. The number of carbonyl (C=O) groups is 1. The smallest absolute Gasteiger partial charge is 0.143 e. The molecule has 0 aliphatic carbocycles. The second kappa shape index (κ2) is 6.90. The molecule has 0 heterocycles. The number of hydrogen-bond acceptors (Lipinski definition) is 3. The van der Waals surface area contributed by atoms with Gasteiger partial charge in [0.15, 0.2) is 0 Å². The van der Waals surface area contributed by atoms with Crippen LogP contribution in [0.2, 0.25) is 0 Å². The zero-order valence-electron chi connectivity index (χ0n) is 11.0. The molecule has 0 unspecified atom stereocenters. The fourth-order valence-electron chi connectivity index (χ4n) is 1.34. The van der Waals surface area contributed by atoms with Gasteiger partial charge in [-0.05, 0) is 38.5 Å². The van der Waals surface area contributed by atoms with Crippen LogP contribution >= 0.6 is 11.8 Å². The van der Waals surface area contributed by atoms with E-state index >= 15 is 0 Å². The first-order valence-corrected chi connectivity index (χ1v) is 6.87. The molecule has 0 bridgehead atoms. The minimum absolute atomic E-state index is 0.161. The van der Waals surface area contributed by atoms with Crippen LogP contribution < -0.4 is 0 Å². The van der Waals surface area contributed by atoms with Gasteiger partial charge in [0.05, 0.1) is 11.4 Å². The first kappa shape index (κ1) is 15.2. The van der Waals surface area contributed by atoms with Gasteiger partial charge in [-0.3, -0.25) is 4.79 Å². The van der Waals surface area contributed by atoms with E-state index in [1.807, 2.05) is 13.8 Å². The molecule has 0 saturated heterocycles. The highest BCUT2D eigenvalue weighted by Gasteiger charge is 2.17. The molecule has 1 aromatic rings. The van der Waals surface area contributed by atoms with Crippen LogP contribution in [0.25, 0.3) is 0 Å². The van der Waals surface area contributed by atoms with Gasteiger partial charge in [0.1, 0.15) is 11.6 Å². The van der Waals surface area contributed by atoms with Gasteiger partial charge in [-0.25, -0.2) is 4.39 Å². The summed E-state index contributed by atoms with van der Waals surface area (Å²) < 4.78 is 18.2. The average Bonchev–Trinajstić information content (AvgIpc) is 2.34. The Balaban J connectivity index is 2.34. The number of thioether (sulfide) groups is 1. The summed E-state index contributed by atoms with van der Waals surface area (Å²) in [4.78, 5) is 12.5. The summed E-state index contributed by atoms with van der Waals surface area (Å²) in [6, 6.07) is 6.29. The van der Waals surface area contributed by atoms with Crippen LogP contribution in [0.15, 0.2) is 29.2 Å². The van der Waals surface area contributed by atoms with Gasteiger partial charge in [0.25, 0.3) is 0 Å². The van der Waals surface area contributed by atoms with Crippen molar-refractivity contribution in [1.82, 2.24) is 0 Å². The maximum atomic E-state index is 12.9. The molecule has 0 saturated carbocycles. The van der Waals surface area contributed by atoms with E-state index in [-0.39, 0.29) is 17.2 Å². The molecule has 0 aliphatic rings. The van der Waals surface area contributed by atoms with Crippen LogP contribution in [-0.2, 0) is 9.53 Å². The first-order valence-electron chi connectivity index (χ1n) is 5.88. The van der Waals surface area contributed by atoms with E-state index in [1.54, 1.807) is 19.2 Å². The summed E-state index contributed by atoms with van der Waals surface area (Å²) in [5.74, 6) is 0.269. The Kier molecular flexibility index (Phi) is 5.82. The lowest BCUT2D eigenvalue weighted by atomic mass is 10.0. The fraction of sp³-hybridized carbons (Fsp3) is 0.500. The lowest BCUT2D eigenvalue weighted by Crippen LogP contribution is -2.23. The van der Waals surface area contributed by atoms with E-state index in [1.165, 1.54) is 23.9 Å². The lowest BCUT2D eigenvalue weighted by molar-refractivity contribution is -0.118. The molecule has 100 valence electrons. The van der Waals surface area contributed by atoms with Crippen LogP contribution in [0.3, 0.4) is 0 Å². The predicted octanol–water partition coefficient (Wildman–Crippen LogP) is 3.69. The molecule has 0 radical (unpaired) electrons. The number of methoxy groups -OCH3 is 1. The third-order valence-corrected chi connectivity index (χ3v) is 3.81. The minimum Gasteiger partial charge on any atom is -0.379 e. The zero-order chi connectivity index (χ0) is 13.6. The Morgan fingerprint density at radius 2 is 2.17 bits per heavy atom. The average molecular weight is 270 g/mol. The van der Waals surface area contributed by atoms with Gasteiger partial charge in [-0.2, -0.15) is 0 Å². The molecular formula is C14H19FO2S. The van der Waals surface area contributed by atoms with Crippen molar-refractivity contribution >= 4 is 17.5 Å². The number of rotatable bonds is 7. The molecular weight excluding hydrogens is 251 g/mol. The maximum Gasteiger partial charge on any atom is 0.143 e. The topological polar surface area (TPSA) is 26.3 Å². The Labute approximate surface area is 112 Å². The van der Waals surface area contributed by atoms with Crippen molar-refractivity contribution in [2.45, 2.75) is 37.2 Å². The highest BCUT2D eigenvalue weighted by Crippen LogP contribution is 2.21. The molecule has 0 amide bonds. The van der Waals surface area contributed by atoms with Crippen molar-refractivity contribution in [2.75, 3.05) is 12.9 Å². The highest BCUT2D eigenvalue weighted by molar-refractivity contribution is 8.00. The van der Waals surface area contributed by atoms with E-state index in [0.29, 0.717) is 18.6 Å². The molecule has 0 atom stereocenters. The molecule has 0 aliphatic heterocycles. The van der Waals surface area contributed by atoms with Crippen LogP contribution in [0, 0.1) is 5.82 Å². The Bertz CT molecular complexity index is 405. The summed E-state index contributed by atoms with van der Waals surface area (Å²) in [6.07, 6.45) is 1.19. The van der Waals surface area contributed by atoms with Gasteiger partial charge in [0.2, 0.25) is 0 Å². The van der Waals surface area contributed by atoms with E-state index in [9.17, 15) is 9.18 Å². The number of ether oxygens (including phenoxy) is 1. The molecule has 2 nitrogen and oxygen atoms in total. The van der Waals surface area contributed by atoms with Crippen molar-refractivity contribution in [3.8, 4) is 0 Å². The zero-order valence-corrected chi connectivity index (χ0v) is 11.8. The monoisotopic (exact) mass is 270 g/mol. The van der Waals surface area contributed by atoms with Crippen LogP contribution in [0.5, 0.6) is 0 Å². The standard InChI is InChI=1S/C14H19FO2S/c1-14(2,17-3)8-7-12(16)10-18-13-6-4-5-11(15)9-13/h4-6,9H,7-8,10H2,1-3H3. The molecule has 4 heteroatoms. The lowest BCUT2D eigenvalue weighted by Gasteiger charge is -2.22. The highest BCUT2D eigenvalue weighted by atomic mass is 32.2. The van der Waals surface area contributed by atoms with Gasteiger partial charge in [0, 0.05) is 18.4 Å². The molecule has 1 rings (SSSR count). The number of ketones is 1. The largest absolute Gasteiger partial charge is 0.379 e. The predicted molar refractivity (Wildman–Crippen MR) is 72.5 cm³/mol. The molecule has 0 fully saturated rings. The Morgan fingerprint density at radius 1 is 1.44 bits per heavy atom. The van der Waals surface area contributed by atoms with Crippen molar-refractivity contribution in [1.29, 1.82) is 0 Å². The summed E-state index contributed by atoms with van der Waals surface area (Å²) in [5.41, 5.74) is -0.265. The number of carbonyl (C=O) groups excluding carboxylic acids is 1. The second-order valence-electron chi connectivity index (χ2n) is 4.75. The number of hydrogen-bond donors (Lipinski definition) is 0. The van der Waals surface area contributed by atoms with Gasteiger partial charge in [-0.1, -0.05) is 6.07 Å². The Hall–Kier alpha value is -0.870. The molecule has 0 spiro atoms. The van der Waals surface area contributed by atoms with Crippen LogP contribution in [0.4, 0.5) is 4.39 Å². The third-order valence-electron chi connectivity index (χ3n) is 2.75. The molecule has 0 N–H and O–H groups in total. The van der Waals surface area contributed by atoms with Crippen molar-refractivity contribution in [3.05, 3.63) is 30.1 Å². The summed E-state index contributed by atoms with van der Waals surface area (Å²) in [7, 11) is 1.64. The molecule has 0 aromatic heterocycles. The third kappa shape index (κ3) is 5.65. The fourth-order valence-corrected chi connectivity index (χ4v) is 2.18. The SMILES string of the molecule is COC(C)(C)CCC(=O)CSc1cccc(F)c1. The molecule has 18 heavy (non-hydrogen) atoms. The number of Topliss-reactive ketones (excluding diaryl/α,β-unsaturated/α-hetero) is 1. The summed E-state index contributed by atoms with van der Waals surface area (Å²) >= 11 is 1.37. The first-order chi connectivity index (χ1) is 8.43. The minimum atomic E-state index is -0.270. The van der Waals surface area contributed by atoms with Crippen LogP contribution in [-0.4, -0.2) is 24.2 Å². The number of benzene rings is 1. The summed E-state index contributed by atoms with van der Waals surface area (Å²) in [5, 5.41) is 0. The Morgan fingerprint density at radius 3 is 2.78 bits per heavy atom. The number of halogens is 1. The van der Waals surface area contributed by atoms with Crippen molar-refractivity contribution in [2.24, 2.45) is 0 Å². The van der Waals surface area contributed by atoms with Crippen molar-refractivity contribution in [3.63, 3.8) is 0 Å². The van der Waals surface area contributed by atoms with Crippen molar-refractivity contribution < 1.29 is 13.9 Å². The van der Waals surface area contributed by atoms with Gasteiger partial charge in [-0.15, -0.1) is 11.8 Å². The van der Waals surface area contributed by atoms with Gasteiger partial charge >= 0.3 is 0 Å². The van der Waals surface area contributed by atoms with E-state index in [4.69, 9.17) is 4.74 Å². The van der Waals surface area contributed by atoms with E-state index in [2.05, 4.69) is 0 Å². The quantitative estimate of drug-likeness (QED) is 0.707. The normalized spacial score (nSPS) is 11.6. The second-order valence-corrected chi connectivity index (χ2v) is 5.80. The summed E-state index contributed by atoms with van der Waals surface area (Å²) in [6.45, 7) is 3.92. The maximum absolute atomic E-state index is 12.9. The van der Waals surface area contributed by atoms with Gasteiger partial charge < -0.3 is 4.74 Å². The van der Waals surface area contributed by atoms with E-state index in [0.717, 1.165) is 4.90 Å². The van der Waals surface area contributed by atoms with Crippen LogP contribution in [0.1, 0.15) is 26.7 Å².